The number of fused-ring (bicyclic) bond motifs is 1. The van der Waals surface area contributed by atoms with E-state index in [9.17, 15) is 0 Å². The lowest BCUT2D eigenvalue weighted by Gasteiger charge is -2.07. The number of rotatable bonds is 1. The topological polar surface area (TPSA) is 9.23 Å². The normalized spacial score (nSPS) is 19.8. The molecular weight excluding hydrogens is 160 g/mol. The molecule has 0 bridgehead atoms. The Hall–Kier alpha value is -0.980. The average molecular weight is 176 g/mol. The summed E-state index contributed by atoms with van der Waals surface area (Å²) >= 11 is 0. The second-order valence-electron chi connectivity index (χ2n) is 3.88. The molecule has 0 amide bonds. The van der Waals surface area contributed by atoms with Crippen LogP contribution in [0.2, 0.25) is 0 Å². The molecule has 1 aliphatic heterocycles. The molecule has 1 atom stereocenters. The van der Waals surface area contributed by atoms with Crippen LogP contribution in [-0.4, -0.2) is 6.61 Å². The van der Waals surface area contributed by atoms with Gasteiger partial charge in [0.1, 0.15) is 5.75 Å². The summed E-state index contributed by atoms with van der Waals surface area (Å²) in [7, 11) is 0. The zero-order chi connectivity index (χ0) is 9.42. The first-order valence-electron chi connectivity index (χ1n) is 4.98. The molecule has 1 heterocycles. The lowest BCUT2D eigenvalue weighted by molar-refractivity contribution is 0.337. The third-order valence-electron chi connectivity index (χ3n) is 2.87. The maximum Gasteiger partial charge on any atom is 0.123 e. The summed E-state index contributed by atoms with van der Waals surface area (Å²) in [6, 6.07) is 4.49. The van der Waals surface area contributed by atoms with Gasteiger partial charge in [0.25, 0.3) is 0 Å². The molecule has 70 valence electrons. The van der Waals surface area contributed by atoms with E-state index in [1.165, 1.54) is 16.7 Å². The van der Waals surface area contributed by atoms with Gasteiger partial charge in [-0.05, 0) is 30.5 Å². The molecule has 0 saturated heterocycles. The van der Waals surface area contributed by atoms with Crippen molar-refractivity contribution in [3.05, 3.63) is 28.8 Å². The highest BCUT2D eigenvalue weighted by atomic mass is 16.5. The van der Waals surface area contributed by atoms with Gasteiger partial charge in [0.2, 0.25) is 0 Å². The molecule has 0 aromatic heterocycles. The smallest absolute Gasteiger partial charge is 0.123 e. The molecule has 1 nitrogen and oxygen atoms in total. The van der Waals surface area contributed by atoms with Gasteiger partial charge in [-0.2, -0.15) is 0 Å². The van der Waals surface area contributed by atoms with E-state index in [0.717, 1.165) is 18.8 Å². The minimum absolute atomic E-state index is 0.570. The molecule has 1 aromatic rings. The quantitative estimate of drug-likeness (QED) is 0.639. The predicted molar refractivity (Wildman–Crippen MR) is 54.5 cm³/mol. The number of aryl methyl sites for hydroxylation is 2. The Morgan fingerprint density at radius 2 is 2.23 bits per heavy atom. The van der Waals surface area contributed by atoms with Crippen molar-refractivity contribution in [2.45, 2.75) is 33.1 Å². The largest absolute Gasteiger partial charge is 0.493 e. The van der Waals surface area contributed by atoms with Crippen LogP contribution in [0.4, 0.5) is 0 Å². The van der Waals surface area contributed by atoms with Crippen molar-refractivity contribution in [1.82, 2.24) is 0 Å². The predicted octanol–water partition coefficient (Wildman–Crippen LogP) is 3.05. The first kappa shape index (κ1) is 8.61. The van der Waals surface area contributed by atoms with Gasteiger partial charge in [-0.25, -0.2) is 0 Å². The van der Waals surface area contributed by atoms with Gasteiger partial charge in [-0.3, -0.25) is 0 Å². The van der Waals surface area contributed by atoms with Crippen LogP contribution >= 0.6 is 0 Å². The van der Waals surface area contributed by atoms with Gasteiger partial charge in [0, 0.05) is 11.5 Å². The Kier molecular flexibility index (Phi) is 2.03. The molecule has 1 heteroatoms. The van der Waals surface area contributed by atoms with Crippen molar-refractivity contribution in [2.24, 2.45) is 0 Å². The van der Waals surface area contributed by atoms with Crippen molar-refractivity contribution in [3.8, 4) is 5.75 Å². The van der Waals surface area contributed by atoms with Gasteiger partial charge in [0.05, 0.1) is 6.61 Å². The summed E-state index contributed by atoms with van der Waals surface area (Å²) in [5.74, 6) is 1.67. The van der Waals surface area contributed by atoms with Gasteiger partial charge in [-0.15, -0.1) is 0 Å². The molecule has 0 radical (unpaired) electrons. The van der Waals surface area contributed by atoms with Gasteiger partial charge >= 0.3 is 0 Å². The molecule has 0 spiro atoms. The Morgan fingerprint density at radius 3 is 2.92 bits per heavy atom. The van der Waals surface area contributed by atoms with Crippen molar-refractivity contribution < 1.29 is 4.74 Å². The fraction of sp³-hybridized carbons (Fsp3) is 0.500. The Bertz CT molecular complexity index is 328. The monoisotopic (exact) mass is 176 g/mol. The highest BCUT2D eigenvalue weighted by Gasteiger charge is 2.20. The van der Waals surface area contributed by atoms with Crippen LogP contribution in [0.15, 0.2) is 12.1 Å². The Labute approximate surface area is 79.7 Å². The summed E-state index contributed by atoms with van der Waals surface area (Å²) in [5.41, 5.74) is 4.20. The minimum atomic E-state index is 0.570. The zero-order valence-corrected chi connectivity index (χ0v) is 8.55. The SMILES string of the molecule is CCc1cc2c(cc1C)OCC2C. The summed E-state index contributed by atoms with van der Waals surface area (Å²) < 4.78 is 5.59. The third kappa shape index (κ3) is 1.32. The number of hydrogen-bond acceptors (Lipinski definition) is 1. The van der Waals surface area contributed by atoms with E-state index >= 15 is 0 Å². The minimum Gasteiger partial charge on any atom is -0.493 e. The van der Waals surface area contributed by atoms with Crippen LogP contribution in [0.5, 0.6) is 5.75 Å². The van der Waals surface area contributed by atoms with Crippen molar-refractivity contribution in [2.75, 3.05) is 6.61 Å². The molecule has 1 aromatic carbocycles. The van der Waals surface area contributed by atoms with Crippen molar-refractivity contribution >= 4 is 0 Å². The number of ether oxygens (including phenoxy) is 1. The van der Waals surface area contributed by atoms with Crippen LogP contribution in [-0.2, 0) is 6.42 Å². The zero-order valence-electron chi connectivity index (χ0n) is 8.55. The maximum atomic E-state index is 5.59. The first-order chi connectivity index (χ1) is 6.22. The summed E-state index contributed by atoms with van der Waals surface area (Å²) in [5, 5.41) is 0. The number of hydrogen-bond donors (Lipinski definition) is 0. The second kappa shape index (κ2) is 3.06. The lowest BCUT2D eigenvalue weighted by Crippen LogP contribution is -1.94. The average Bonchev–Trinajstić information content (AvgIpc) is 2.46. The lowest BCUT2D eigenvalue weighted by atomic mass is 9.97. The molecular formula is C12H16O. The summed E-state index contributed by atoms with van der Waals surface area (Å²) in [6.07, 6.45) is 1.12. The van der Waals surface area contributed by atoms with Gasteiger partial charge < -0.3 is 4.74 Å². The van der Waals surface area contributed by atoms with Gasteiger partial charge in [-0.1, -0.05) is 19.9 Å². The summed E-state index contributed by atoms with van der Waals surface area (Å²) in [6.45, 7) is 7.43. The van der Waals surface area contributed by atoms with Gasteiger partial charge in [0.15, 0.2) is 0 Å². The Balaban J connectivity index is 2.51. The maximum absolute atomic E-state index is 5.59. The molecule has 0 aliphatic carbocycles. The molecule has 0 N–H and O–H groups in total. The van der Waals surface area contributed by atoms with Crippen LogP contribution in [0, 0.1) is 6.92 Å². The Morgan fingerprint density at radius 1 is 1.46 bits per heavy atom. The molecule has 1 aliphatic rings. The first-order valence-corrected chi connectivity index (χ1v) is 4.98. The van der Waals surface area contributed by atoms with Crippen molar-refractivity contribution in [1.29, 1.82) is 0 Å². The second-order valence-corrected chi connectivity index (χ2v) is 3.88. The fourth-order valence-corrected chi connectivity index (χ4v) is 1.94. The van der Waals surface area contributed by atoms with E-state index in [1.54, 1.807) is 0 Å². The van der Waals surface area contributed by atoms with Crippen LogP contribution in [0.1, 0.15) is 36.5 Å². The molecule has 0 saturated carbocycles. The highest BCUT2D eigenvalue weighted by molar-refractivity contribution is 5.46. The van der Waals surface area contributed by atoms with E-state index in [1.807, 2.05) is 0 Å². The van der Waals surface area contributed by atoms with E-state index in [-0.39, 0.29) is 0 Å². The van der Waals surface area contributed by atoms with Crippen LogP contribution < -0.4 is 4.74 Å². The fourth-order valence-electron chi connectivity index (χ4n) is 1.94. The molecule has 1 unspecified atom stereocenters. The van der Waals surface area contributed by atoms with E-state index in [2.05, 4.69) is 32.9 Å². The van der Waals surface area contributed by atoms with Crippen LogP contribution in [0.25, 0.3) is 0 Å². The van der Waals surface area contributed by atoms with E-state index < -0.39 is 0 Å². The number of benzene rings is 1. The molecule has 2 rings (SSSR count). The standard InChI is InChI=1S/C12H16O/c1-4-10-6-11-9(3)7-13-12(11)5-8(10)2/h5-6,9H,4,7H2,1-3H3. The summed E-state index contributed by atoms with van der Waals surface area (Å²) in [4.78, 5) is 0. The van der Waals surface area contributed by atoms with Crippen molar-refractivity contribution in [3.63, 3.8) is 0 Å². The van der Waals surface area contributed by atoms with E-state index in [4.69, 9.17) is 4.74 Å². The van der Waals surface area contributed by atoms with E-state index in [0.29, 0.717) is 5.92 Å². The molecule has 0 fully saturated rings. The third-order valence-corrected chi connectivity index (χ3v) is 2.87. The van der Waals surface area contributed by atoms with Crippen LogP contribution in [0.3, 0.4) is 0 Å². The molecule has 13 heavy (non-hydrogen) atoms. The highest BCUT2D eigenvalue weighted by Crippen LogP contribution is 2.35.